The molecule has 0 amide bonds. The molecule has 0 fully saturated rings. The Bertz CT molecular complexity index is 151. The van der Waals surface area contributed by atoms with Crippen molar-refractivity contribution in [3.63, 3.8) is 0 Å². The maximum Gasteiger partial charge on any atom is 0.0781 e. The minimum atomic E-state index is -0.451. The van der Waals surface area contributed by atoms with Crippen LogP contribution in [0.5, 0.6) is 0 Å². The van der Waals surface area contributed by atoms with Crippen LogP contribution in [0.15, 0.2) is 0 Å². The molecule has 98 valence electrons. The van der Waals surface area contributed by atoms with E-state index in [4.69, 9.17) is 24.4 Å². The third kappa shape index (κ3) is 10.3. The molecule has 0 saturated carbocycles. The van der Waals surface area contributed by atoms with Crippen molar-refractivity contribution in [2.75, 3.05) is 33.0 Å². The fraction of sp³-hybridized carbons (Fsp3) is 1.00. The molecular weight excluding hydrogens is 212 g/mol. The molecule has 3 unspecified atom stereocenters. The van der Waals surface area contributed by atoms with E-state index in [1.54, 1.807) is 6.92 Å². The largest absolute Gasteiger partial charge is 0.394 e. The van der Waals surface area contributed by atoms with Gasteiger partial charge in [0.25, 0.3) is 0 Å². The Hall–Kier alpha value is -0.200. The van der Waals surface area contributed by atoms with Crippen LogP contribution in [-0.4, -0.2) is 61.6 Å². The summed E-state index contributed by atoms with van der Waals surface area (Å²) in [6, 6.07) is 0. The molecule has 5 heteroatoms. The van der Waals surface area contributed by atoms with E-state index in [0.29, 0.717) is 26.4 Å². The molecule has 0 aliphatic heterocycles. The van der Waals surface area contributed by atoms with Crippen LogP contribution in [0.2, 0.25) is 0 Å². The van der Waals surface area contributed by atoms with Gasteiger partial charge in [-0.25, -0.2) is 0 Å². The zero-order chi connectivity index (χ0) is 12.4. The van der Waals surface area contributed by atoms with Crippen LogP contribution in [0.25, 0.3) is 0 Å². The summed E-state index contributed by atoms with van der Waals surface area (Å²) in [6.45, 7) is 7.09. The van der Waals surface area contributed by atoms with Crippen LogP contribution < -0.4 is 0 Å². The second-order valence-corrected chi connectivity index (χ2v) is 3.94. The third-order valence-corrected chi connectivity index (χ3v) is 1.83. The predicted octanol–water partition coefficient (Wildman–Crippen LogP) is 0.186. The summed E-state index contributed by atoms with van der Waals surface area (Å²) in [4.78, 5) is 0. The Balaban J connectivity index is 3.39. The van der Waals surface area contributed by atoms with Crippen LogP contribution in [-0.2, 0) is 14.2 Å². The second-order valence-electron chi connectivity index (χ2n) is 3.94. The first-order valence-electron chi connectivity index (χ1n) is 5.66. The summed E-state index contributed by atoms with van der Waals surface area (Å²) in [6.07, 6.45) is -0.521. The highest BCUT2D eigenvalue weighted by molar-refractivity contribution is 4.53. The van der Waals surface area contributed by atoms with E-state index in [1.807, 2.05) is 13.8 Å². The first kappa shape index (κ1) is 15.8. The Kier molecular flexibility index (Phi) is 9.86. The van der Waals surface area contributed by atoms with Crippen LogP contribution in [0.3, 0.4) is 0 Å². The van der Waals surface area contributed by atoms with Gasteiger partial charge in [-0.15, -0.1) is 0 Å². The Morgan fingerprint density at radius 2 is 1.50 bits per heavy atom. The van der Waals surface area contributed by atoms with Gasteiger partial charge in [-0.3, -0.25) is 0 Å². The predicted molar refractivity (Wildman–Crippen MR) is 60.4 cm³/mol. The minimum Gasteiger partial charge on any atom is -0.394 e. The van der Waals surface area contributed by atoms with E-state index >= 15 is 0 Å². The normalized spacial score (nSPS) is 17.1. The fourth-order valence-electron chi connectivity index (χ4n) is 1.01. The van der Waals surface area contributed by atoms with Crippen LogP contribution in [0.1, 0.15) is 20.8 Å². The monoisotopic (exact) mass is 236 g/mol. The number of rotatable bonds is 10. The zero-order valence-corrected chi connectivity index (χ0v) is 10.4. The van der Waals surface area contributed by atoms with Gasteiger partial charge in [0, 0.05) is 0 Å². The Morgan fingerprint density at radius 3 is 2.06 bits per heavy atom. The van der Waals surface area contributed by atoms with Gasteiger partial charge in [-0.05, 0) is 20.8 Å². The summed E-state index contributed by atoms with van der Waals surface area (Å²) in [5.74, 6) is 0. The minimum absolute atomic E-state index is 0.0239. The maximum atomic E-state index is 9.01. The van der Waals surface area contributed by atoms with Crippen molar-refractivity contribution in [2.24, 2.45) is 0 Å². The fourth-order valence-corrected chi connectivity index (χ4v) is 1.01. The molecule has 0 aromatic rings. The molecule has 0 bridgehead atoms. The Morgan fingerprint density at radius 1 is 0.938 bits per heavy atom. The topological polar surface area (TPSA) is 68.2 Å². The number of hydrogen-bond donors (Lipinski definition) is 2. The Labute approximate surface area is 97.3 Å². The highest BCUT2D eigenvalue weighted by Gasteiger charge is 2.08. The summed E-state index contributed by atoms with van der Waals surface area (Å²) in [7, 11) is 0. The second kappa shape index (κ2) is 9.99. The first-order chi connectivity index (χ1) is 7.56. The molecule has 0 aromatic heterocycles. The van der Waals surface area contributed by atoms with Crippen molar-refractivity contribution in [2.45, 2.75) is 39.1 Å². The number of aliphatic hydroxyl groups is 2. The molecule has 16 heavy (non-hydrogen) atoms. The molecule has 0 saturated heterocycles. The van der Waals surface area contributed by atoms with Gasteiger partial charge >= 0.3 is 0 Å². The van der Waals surface area contributed by atoms with Crippen LogP contribution >= 0.6 is 0 Å². The van der Waals surface area contributed by atoms with Crippen molar-refractivity contribution >= 4 is 0 Å². The smallest absolute Gasteiger partial charge is 0.0781 e. The lowest BCUT2D eigenvalue weighted by Gasteiger charge is -2.18. The quantitative estimate of drug-likeness (QED) is 0.530. The SMILES string of the molecule is CC(O)COC(C)COC(C)COCCO. The van der Waals surface area contributed by atoms with Crippen molar-refractivity contribution in [1.29, 1.82) is 0 Å². The molecule has 3 atom stereocenters. The van der Waals surface area contributed by atoms with Crippen molar-refractivity contribution < 1.29 is 24.4 Å². The van der Waals surface area contributed by atoms with Crippen molar-refractivity contribution in [3.8, 4) is 0 Å². The van der Waals surface area contributed by atoms with Gasteiger partial charge < -0.3 is 24.4 Å². The average molecular weight is 236 g/mol. The average Bonchev–Trinajstić information content (AvgIpc) is 2.24. The van der Waals surface area contributed by atoms with E-state index < -0.39 is 6.10 Å². The lowest BCUT2D eigenvalue weighted by atomic mass is 10.4. The number of hydrogen-bond acceptors (Lipinski definition) is 5. The van der Waals surface area contributed by atoms with Gasteiger partial charge in [0.05, 0.1) is 51.3 Å². The molecule has 0 heterocycles. The maximum absolute atomic E-state index is 9.01. The zero-order valence-electron chi connectivity index (χ0n) is 10.4. The molecule has 2 N–H and O–H groups in total. The number of aliphatic hydroxyl groups excluding tert-OH is 2. The van der Waals surface area contributed by atoms with E-state index in [9.17, 15) is 0 Å². The van der Waals surface area contributed by atoms with Crippen LogP contribution in [0.4, 0.5) is 0 Å². The van der Waals surface area contributed by atoms with Gasteiger partial charge in [-0.1, -0.05) is 0 Å². The van der Waals surface area contributed by atoms with Crippen molar-refractivity contribution in [1.82, 2.24) is 0 Å². The molecule has 0 rings (SSSR count). The van der Waals surface area contributed by atoms with E-state index in [1.165, 1.54) is 0 Å². The molecule has 5 nitrogen and oxygen atoms in total. The molecule has 0 spiro atoms. The summed E-state index contributed by atoms with van der Waals surface area (Å²) in [5, 5.41) is 17.5. The highest BCUT2D eigenvalue weighted by Crippen LogP contribution is 1.98. The van der Waals surface area contributed by atoms with Gasteiger partial charge in [-0.2, -0.15) is 0 Å². The standard InChI is InChI=1S/C11H24O5/c1-9(13)6-15-11(3)8-16-10(2)7-14-5-4-12/h9-13H,4-8H2,1-3H3. The summed E-state index contributed by atoms with van der Waals surface area (Å²) in [5.41, 5.74) is 0. The van der Waals surface area contributed by atoms with E-state index in [0.717, 1.165) is 0 Å². The van der Waals surface area contributed by atoms with Gasteiger partial charge in [0.1, 0.15) is 0 Å². The van der Waals surface area contributed by atoms with Crippen molar-refractivity contribution in [3.05, 3.63) is 0 Å². The number of ether oxygens (including phenoxy) is 3. The van der Waals surface area contributed by atoms with Crippen LogP contribution in [0, 0.1) is 0 Å². The molecule has 0 radical (unpaired) electrons. The van der Waals surface area contributed by atoms with Gasteiger partial charge in [0.2, 0.25) is 0 Å². The van der Waals surface area contributed by atoms with E-state index in [2.05, 4.69) is 0 Å². The molecule has 0 aliphatic carbocycles. The third-order valence-electron chi connectivity index (χ3n) is 1.83. The molecular formula is C11H24O5. The lowest BCUT2D eigenvalue weighted by Crippen LogP contribution is -2.26. The van der Waals surface area contributed by atoms with E-state index in [-0.39, 0.29) is 18.8 Å². The molecule has 0 aromatic carbocycles. The first-order valence-corrected chi connectivity index (χ1v) is 5.66. The highest BCUT2D eigenvalue weighted by atomic mass is 16.6. The van der Waals surface area contributed by atoms with Gasteiger partial charge in [0.15, 0.2) is 0 Å². The molecule has 0 aliphatic rings. The lowest BCUT2D eigenvalue weighted by molar-refractivity contribution is -0.0717. The summed E-state index contributed by atoms with van der Waals surface area (Å²) < 4.78 is 15.9. The summed E-state index contributed by atoms with van der Waals surface area (Å²) >= 11 is 0.